The van der Waals surface area contributed by atoms with E-state index in [0.717, 1.165) is 11.1 Å². The zero-order chi connectivity index (χ0) is 25.8. The van der Waals surface area contributed by atoms with E-state index < -0.39 is 29.7 Å². The molecule has 2 aromatic carbocycles. The van der Waals surface area contributed by atoms with Crippen molar-refractivity contribution in [3.8, 4) is 5.75 Å². The minimum Gasteiger partial charge on any atom is -0.497 e. The second-order valence-electron chi connectivity index (χ2n) is 8.80. The van der Waals surface area contributed by atoms with Crippen LogP contribution in [0.4, 0.5) is 0 Å². The summed E-state index contributed by atoms with van der Waals surface area (Å²) < 4.78 is 16.0. The van der Waals surface area contributed by atoms with Crippen LogP contribution in [-0.2, 0) is 23.9 Å². The van der Waals surface area contributed by atoms with Gasteiger partial charge in [0.15, 0.2) is 5.78 Å². The number of allylic oxidation sites excluding steroid dienone is 3. The molecule has 0 aromatic heterocycles. The highest BCUT2D eigenvalue weighted by atomic mass is 16.5. The molecule has 2 aliphatic rings. The molecule has 188 valence electrons. The van der Waals surface area contributed by atoms with E-state index >= 15 is 0 Å². The molecule has 0 saturated heterocycles. The van der Waals surface area contributed by atoms with Crippen molar-refractivity contribution >= 4 is 17.7 Å². The predicted octanol–water partition coefficient (Wildman–Crippen LogP) is 4.41. The molecule has 7 nitrogen and oxygen atoms in total. The highest BCUT2D eigenvalue weighted by molar-refractivity contribution is 6.13. The summed E-state index contributed by atoms with van der Waals surface area (Å²) in [6.07, 6.45) is 0.410. The van der Waals surface area contributed by atoms with Gasteiger partial charge in [0.05, 0.1) is 25.9 Å². The summed E-state index contributed by atoms with van der Waals surface area (Å²) in [6, 6.07) is 16.8. The number of hydrogen-bond donors (Lipinski definition) is 1. The largest absolute Gasteiger partial charge is 0.497 e. The summed E-state index contributed by atoms with van der Waals surface area (Å²) >= 11 is 0. The first-order valence-corrected chi connectivity index (χ1v) is 12.2. The lowest BCUT2D eigenvalue weighted by Gasteiger charge is -2.39. The molecule has 0 spiro atoms. The number of hydrogen-bond acceptors (Lipinski definition) is 7. The van der Waals surface area contributed by atoms with Gasteiger partial charge < -0.3 is 19.5 Å². The zero-order valence-corrected chi connectivity index (χ0v) is 21.0. The van der Waals surface area contributed by atoms with Crippen LogP contribution in [0.3, 0.4) is 0 Å². The molecule has 0 fully saturated rings. The lowest BCUT2D eigenvalue weighted by atomic mass is 9.67. The molecular formula is C29H31NO6. The van der Waals surface area contributed by atoms with E-state index in [1.807, 2.05) is 61.5 Å². The minimum atomic E-state index is -1.04. The Balaban J connectivity index is 1.87. The molecule has 1 aliphatic carbocycles. The van der Waals surface area contributed by atoms with E-state index in [9.17, 15) is 14.4 Å². The first-order chi connectivity index (χ1) is 17.4. The first kappa shape index (κ1) is 25.2. The van der Waals surface area contributed by atoms with Crippen molar-refractivity contribution in [1.29, 1.82) is 0 Å². The van der Waals surface area contributed by atoms with Gasteiger partial charge in [0.2, 0.25) is 0 Å². The first-order valence-electron chi connectivity index (χ1n) is 12.2. The number of benzene rings is 2. The van der Waals surface area contributed by atoms with Gasteiger partial charge in [-0.25, -0.2) is 4.79 Å². The van der Waals surface area contributed by atoms with Gasteiger partial charge in [-0.05, 0) is 50.5 Å². The van der Waals surface area contributed by atoms with Gasteiger partial charge in [-0.3, -0.25) is 9.59 Å². The van der Waals surface area contributed by atoms with Crippen LogP contribution in [0.25, 0.3) is 0 Å². The van der Waals surface area contributed by atoms with Crippen molar-refractivity contribution in [2.24, 2.45) is 5.92 Å². The molecule has 7 heteroatoms. The molecule has 4 rings (SSSR count). The third-order valence-electron chi connectivity index (χ3n) is 6.73. The average Bonchev–Trinajstić information content (AvgIpc) is 2.88. The van der Waals surface area contributed by atoms with Crippen LogP contribution in [0.15, 0.2) is 77.1 Å². The lowest BCUT2D eigenvalue weighted by Crippen LogP contribution is -2.43. The Morgan fingerprint density at radius 1 is 0.944 bits per heavy atom. The quantitative estimate of drug-likeness (QED) is 0.455. The number of methoxy groups -OCH3 is 1. The number of rotatable bonds is 7. The Labute approximate surface area is 211 Å². The van der Waals surface area contributed by atoms with Gasteiger partial charge in [0.25, 0.3) is 0 Å². The van der Waals surface area contributed by atoms with Crippen molar-refractivity contribution in [3.63, 3.8) is 0 Å². The van der Waals surface area contributed by atoms with Crippen LogP contribution in [0.5, 0.6) is 5.75 Å². The number of nitrogens with one attached hydrogen (secondary N) is 1. The Hall–Kier alpha value is -3.87. The molecule has 0 unspecified atom stereocenters. The number of ether oxygens (including phenoxy) is 3. The number of carbonyl (C=O) groups is 3. The van der Waals surface area contributed by atoms with Gasteiger partial charge in [-0.1, -0.05) is 42.5 Å². The monoisotopic (exact) mass is 489 g/mol. The average molecular weight is 490 g/mol. The maximum absolute atomic E-state index is 14.2. The van der Waals surface area contributed by atoms with Gasteiger partial charge in [0, 0.05) is 28.8 Å². The third-order valence-corrected chi connectivity index (χ3v) is 6.73. The van der Waals surface area contributed by atoms with Crippen LogP contribution in [0.2, 0.25) is 0 Å². The highest BCUT2D eigenvalue weighted by Crippen LogP contribution is 2.48. The van der Waals surface area contributed by atoms with Crippen LogP contribution < -0.4 is 10.1 Å². The Bertz CT molecular complexity index is 1210. The molecule has 1 heterocycles. The van der Waals surface area contributed by atoms with Gasteiger partial charge in [0.1, 0.15) is 11.7 Å². The summed E-state index contributed by atoms with van der Waals surface area (Å²) in [4.78, 5) is 40.5. The topological polar surface area (TPSA) is 90.9 Å². The van der Waals surface area contributed by atoms with E-state index in [2.05, 4.69) is 5.32 Å². The van der Waals surface area contributed by atoms with E-state index in [0.29, 0.717) is 34.7 Å². The van der Waals surface area contributed by atoms with Crippen LogP contribution >= 0.6 is 0 Å². The van der Waals surface area contributed by atoms with Crippen molar-refractivity contribution in [2.75, 3.05) is 20.3 Å². The third kappa shape index (κ3) is 4.65. The predicted molar refractivity (Wildman–Crippen MR) is 134 cm³/mol. The Morgan fingerprint density at radius 3 is 2.22 bits per heavy atom. The Morgan fingerprint density at radius 2 is 1.61 bits per heavy atom. The molecule has 3 atom stereocenters. The SMILES string of the molecule is CCOC(=O)C1=C(C)NC2=C(C(=O)[C@H](C(=O)OCC)[C@H](c3ccc(OC)cc3)C2)[C@@H]1c1ccccc1. The van der Waals surface area contributed by atoms with Crippen LogP contribution in [-0.4, -0.2) is 38.0 Å². The molecule has 2 aromatic rings. The van der Waals surface area contributed by atoms with Crippen LogP contribution in [0.1, 0.15) is 50.2 Å². The molecule has 1 N–H and O–H groups in total. The minimum absolute atomic E-state index is 0.164. The summed E-state index contributed by atoms with van der Waals surface area (Å²) in [6.45, 7) is 5.65. The molecular weight excluding hydrogens is 458 g/mol. The fraction of sp³-hybridized carbons (Fsp3) is 0.345. The number of dihydropyridines is 1. The normalized spacial score (nSPS) is 21.4. The molecule has 0 radical (unpaired) electrons. The summed E-state index contributed by atoms with van der Waals surface area (Å²) in [7, 11) is 1.59. The standard InChI is InChI=1S/C29H31NO6/c1-5-35-28(32)23-17(3)30-22-16-21(18-12-14-20(34-4)15-13-18)25(29(33)36-6-2)27(31)26(22)24(23)19-10-8-7-9-11-19/h7-15,21,24-25,30H,5-6,16H2,1-4H3/t21-,24+,25+/m0/s1. The molecule has 0 amide bonds. The fourth-order valence-corrected chi connectivity index (χ4v) is 5.16. The van der Waals surface area contributed by atoms with E-state index in [-0.39, 0.29) is 19.0 Å². The summed E-state index contributed by atoms with van der Waals surface area (Å²) in [5.74, 6) is -2.82. The number of ketones is 1. The second-order valence-corrected chi connectivity index (χ2v) is 8.80. The number of carbonyl (C=O) groups excluding carboxylic acids is 3. The van der Waals surface area contributed by atoms with E-state index in [1.54, 1.807) is 21.0 Å². The van der Waals surface area contributed by atoms with Crippen molar-refractivity contribution in [1.82, 2.24) is 5.32 Å². The Kier molecular flexibility index (Phi) is 7.58. The summed E-state index contributed by atoms with van der Waals surface area (Å²) in [5.41, 5.74) is 3.76. The highest BCUT2D eigenvalue weighted by Gasteiger charge is 2.49. The van der Waals surface area contributed by atoms with Crippen molar-refractivity contribution < 1.29 is 28.6 Å². The molecule has 0 saturated carbocycles. The van der Waals surface area contributed by atoms with Gasteiger partial charge >= 0.3 is 11.9 Å². The van der Waals surface area contributed by atoms with Crippen molar-refractivity contribution in [3.05, 3.63) is 88.3 Å². The van der Waals surface area contributed by atoms with Crippen LogP contribution in [0, 0.1) is 5.92 Å². The van der Waals surface area contributed by atoms with Gasteiger partial charge in [-0.2, -0.15) is 0 Å². The maximum Gasteiger partial charge on any atom is 0.336 e. The van der Waals surface area contributed by atoms with Gasteiger partial charge in [-0.15, -0.1) is 0 Å². The maximum atomic E-state index is 14.2. The van der Waals surface area contributed by atoms with E-state index in [4.69, 9.17) is 14.2 Å². The smallest absolute Gasteiger partial charge is 0.336 e. The lowest BCUT2D eigenvalue weighted by molar-refractivity contribution is -0.152. The molecule has 36 heavy (non-hydrogen) atoms. The van der Waals surface area contributed by atoms with Crippen molar-refractivity contribution in [2.45, 2.75) is 39.0 Å². The second kappa shape index (κ2) is 10.8. The fourth-order valence-electron chi connectivity index (χ4n) is 5.16. The molecule has 1 aliphatic heterocycles. The zero-order valence-electron chi connectivity index (χ0n) is 21.0. The number of esters is 2. The number of Topliss-reactive ketones (excluding diaryl/α,β-unsaturated/α-hetero) is 1. The summed E-state index contributed by atoms with van der Waals surface area (Å²) in [5, 5.41) is 3.31. The van der Waals surface area contributed by atoms with E-state index in [1.165, 1.54) is 0 Å². The molecule has 0 bridgehead atoms.